The number of piperidine rings is 1. The van der Waals surface area contributed by atoms with E-state index in [1.807, 2.05) is 30.3 Å². The van der Waals surface area contributed by atoms with Gasteiger partial charge in [0, 0.05) is 24.3 Å². The number of anilines is 1. The summed E-state index contributed by atoms with van der Waals surface area (Å²) < 4.78 is 0. The van der Waals surface area contributed by atoms with Crippen LogP contribution in [0.3, 0.4) is 0 Å². The van der Waals surface area contributed by atoms with Crippen LogP contribution in [-0.2, 0) is 27.8 Å². The molecule has 1 aliphatic heterocycles. The van der Waals surface area contributed by atoms with Crippen molar-refractivity contribution in [3.8, 4) is 0 Å². The molecule has 0 saturated carbocycles. The summed E-state index contributed by atoms with van der Waals surface area (Å²) in [5, 5.41) is 10.6. The van der Waals surface area contributed by atoms with Gasteiger partial charge in [0.05, 0.1) is 5.41 Å². The number of aromatic nitrogens is 2. The van der Waals surface area contributed by atoms with Crippen molar-refractivity contribution in [1.82, 2.24) is 15.1 Å². The minimum atomic E-state index is -0.667. The Morgan fingerprint density at radius 1 is 1.14 bits per heavy atom. The summed E-state index contributed by atoms with van der Waals surface area (Å²) in [5.41, 5.74) is 2.60. The molecular formula is C22H26N4O2. The van der Waals surface area contributed by atoms with Gasteiger partial charge in [-0.3, -0.25) is 14.7 Å². The van der Waals surface area contributed by atoms with Gasteiger partial charge in [0.1, 0.15) is 0 Å². The summed E-state index contributed by atoms with van der Waals surface area (Å²) in [6.45, 7) is 4.64. The van der Waals surface area contributed by atoms with Crippen molar-refractivity contribution in [1.29, 1.82) is 0 Å². The zero-order valence-electron chi connectivity index (χ0n) is 16.0. The first-order valence-corrected chi connectivity index (χ1v) is 9.98. The third-order valence-electron chi connectivity index (χ3n) is 6.15. The lowest BCUT2D eigenvalue weighted by Gasteiger charge is -2.40. The molecule has 6 nitrogen and oxygen atoms in total. The van der Waals surface area contributed by atoms with Crippen LogP contribution in [0.15, 0.2) is 43.0 Å². The lowest BCUT2D eigenvalue weighted by Crippen LogP contribution is -2.50. The molecule has 2 N–H and O–H groups in total. The Balaban J connectivity index is 1.61. The molecule has 0 atom stereocenters. The van der Waals surface area contributed by atoms with Crippen LogP contribution < -0.4 is 5.32 Å². The Labute approximate surface area is 165 Å². The molecule has 0 bridgehead atoms. The van der Waals surface area contributed by atoms with Crippen molar-refractivity contribution in [2.24, 2.45) is 0 Å². The van der Waals surface area contributed by atoms with E-state index in [2.05, 4.69) is 22.1 Å². The second-order valence-electron chi connectivity index (χ2n) is 7.67. The molecular weight excluding hydrogens is 352 g/mol. The number of carbonyl (C=O) groups is 2. The molecule has 1 fully saturated rings. The summed E-state index contributed by atoms with van der Waals surface area (Å²) in [5.74, 6) is 0.548. The number of nitrogens with zero attached hydrogens (tertiary/aromatic N) is 2. The Bertz CT molecular complexity index is 879. The second kappa shape index (κ2) is 7.62. The van der Waals surface area contributed by atoms with Gasteiger partial charge in [0.25, 0.3) is 0 Å². The van der Waals surface area contributed by atoms with Gasteiger partial charge in [-0.15, -0.1) is 0 Å². The SMILES string of the molecule is C=CC(=O)N1CCC(C(=O)Nc2n[nH]c3c2CCCC3)(c2ccccc2)CC1. The maximum atomic E-state index is 13.5. The van der Waals surface area contributed by atoms with Gasteiger partial charge in [-0.25, -0.2) is 0 Å². The Kier molecular flexibility index (Phi) is 5.03. The lowest BCUT2D eigenvalue weighted by atomic mass is 9.72. The molecule has 2 amide bonds. The first-order chi connectivity index (χ1) is 13.6. The third kappa shape index (κ3) is 3.23. The number of aromatic amines is 1. The summed E-state index contributed by atoms with van der Waals surface area (Å²) in [6, 6.07) is 9.88. The standard InChI is InChI=1S/C22H26N4O2/c1-2-19(27)26-14-12-22(13-15-26,16-8-4-3-5-9-16)21(28)23-20-17-10-6-7-11-18(17)24-25-20/h2-5,8-9H,1,6-7,10-15H2,(H2,23,24,25,28). The highest BCUT2D eigenvalue weighted by Gasteiger charge is 2.44. The monoisotopic (exact) mass is 378 g/mol. The molecule has 1 saturated heterocycles. The summed E-state index contributed by atoms with van der Waals surface area (Å²) in [7, 11) is 0. The normalized spacial score (nSPS) is 18.2. The number of fused-ring (bicyclic) bond motifs is 1. The van der Waals surface area contributed by atoms with Crippen molar-refractivity contribution in [3.63, 3.8) is 0 Å². The van der Waals surface area contributed by atoms with Crippen LogP contribution in [-0.4, -0.2) is 40.0 Å². The number of hydrogen-bond acceptors (Lipinski definition) is 3. The number of hydrogen-bond donors (Lipinski definition) is 2. The van der Waals surface area contributed by atoms with E-state index < -0.39 is 5.41 Å². The van der Waals surface area contributed by atoms with Crippen LogP contribution in [0.1, 0.15) is 42.5 Å². The Hall–Kier alpha value is -2.89. The number of likely N-dealkylation sites (tertiary alicyclic amines) is 1. The number of rotatable bonds is 4. The molecule has 4 rings (SSSR count). The van der Waals surface area contributed by atoms with Crippen LogP contribution in [0.2, 0.25) is 0 Å². The van der Waals surface area contributed by atoms with Crippen molar-refractivity contribution in [2.45, 2.75) is 43.9 Å². The molecule has 146 valence electrons. The van der Waals surface area contributed by atoms with E-state index in [0.717, 1.165) is 42.5 Å². The predicted molar refractivity (Wildman–Crippen MR) is 108 cm³/mol. The van der Waals surface area contributed by atoms with Gasteiger partial charge >= 0.3 is 0 Å². The number of amides is 2. The lowest BCUT2D eigenvalue weighted by molar-refractivity contribution is -0.131. The van der Waals surface area contributed by atoms with Crippen LogP contribution >= 0.6 is 0 Å². The van der Waals surface area contributed by atoms with Crippen LogP contribution in [0.5, 0.6) is 0 Å². The average molecular weight is 378 g/mol. The first kappa shape index (κ1) is 18.5. The minimum Gasteiger partial charge on any atom is -0.339 e. The largest absolute Gasteiger partial charge is 0.339 e. The van der Waals surface area contributed by atoms with E-state index in [0.29, 0.717) is 31.7 Å². The van der Waals surface area contributed by atoms with Crippen molar-refractivity contribution in [2.75, 3.05) is 18.4 Å². The van der Waals surface area contributed by atoms with Crippen LogP contribution in [0.4, 0.5) is 5.82 Å². The van der Waals surface area contributed by atoms with Gasteiger partial charge < -0.3 is 10.2 Å². The Morgan fingerprint density at radius 3 is 2.57 bits per heavy atom. The smallest absolute Gasteiger partial charge is 0.245 e. The molecule has 0 spiro atoms. The van der Waals surface area contributed by atoms with Crippen LogP contribution in [0, 0.1) is 0 Å². The van der Waals surface area contributed by atoms with Gasteiger partial charge in [-0.05, 0) is 50.2 Å². The second-order valence-corrected chi connectivity index (χ2v) is 7.67. The molecule has 2 heterocycles. The quantitative estimate of drug-likeness (QED) is 0.803. The van der Waals surface area contributed by atoms with E-state index in [1.165, 1.54) is 6.08 Å². The molecule has 2 aliphatic rings. The zero-order valence-corrected chi connectivity index (χ0v) is 16.0. The van der Waals surface area contributed by atoms with E-state index in [-0.39, 0.29) is 11.8 Å². The molecule has 1 aromatic carbocycles. The molecule has 28 heavy (non-hydrogen) atoms. The number of carbonyl (C=O) groups excluding carboxylic acids is 2. The number of nitrogens with one attached hydrogen (secondary N) is 2. The maximum absolute atomic E-state index is 13.5. The third-order valence-corrected chi connectivity index (χ3v) is 6.15. The summed E-state index contributed by atoms with van der Waals surface area (Å²) in [4.78, 5) is 27.3. The van der Waals surface area contributed by atoms with E-state index in [9.17, 15) is 9.59 Å². The minimum absolute atomic E-state index is 0.0377. The highest BCUT2D eigenvalue weighted by Crippen LogP contribution is 2.37. The number of aryl methyl sites for hydroxylation is 1. The van der Waals surface area contributed by atoms with Crippen molar-refractivity contribution in [3.05, 3.63) is 59.8 Å². The molecule has 0 radical (unpaired) electrons. The fourth-order valence-corrected chi connectivity index (χ4v) is 4.45. The fourth-order valence-electron chi connectivity index (χ4n) is 4.45. The molecule has 6 heteroatoms. The Morgan fingerprint density at radius 2 is 1.86 bits per heavy atom. The van der Waals surface area contributed by atoms with Crippen LogP contribution in [0.25, 0.3) is 0 Å². The van der Waals surface area contributed by atoms with E-state index >= 15 is 0 Å². The van der Waals surface area contributed by atoms with Gasteiger partial charge in [0.2, 0.25) is 11.8 Å². The number of H-pyrrole nitrogens is 1. The topological polar surface area (TPSA) is 78.1 Å². The predicted octanol–water partition coefficient (Wildman–Crippen LogP) is 2.97. The fraction of sp³-hybridized carbons (Fsp3) is 0.409. The highest BCUT2D eigenvalue weighted by atomic mass is 16.2. The molecule has 0 unspecified atom stereocenters. The summed E-state index contributed by atoms with van der Waals surface area (Å²) >= 11 is 0. The van der Waals surface area contributed by atoms with Gasteiger partial charge in [-0.1, -0.05) is 36.9 Å². The number of benzene rings is 1. The maximum Gasteiger partial charge on any atom is 0.245 e. The van der Waals surface area contributed by atoms with Crippen molar-refractivity contribution < 1.29 is 9.59 Å². The van der Waals surface area contributed by atoms with Crippen molar-refractivity contribution >= 4 is 17.6 Å². The highest BCUT2D eigenvalue weighted by molar-refractivity contribution is 5.99. The summed E-state index contributed by atoms with van der Waals surface area (Å²) in [6.07, 6.45) is 6.71. The zero-order chi connectivity index (χ0) is 19.6. The van der Waals surface area contributed by atoms with Gasteiger partial charge in [0.15, 0.2) is 5.82 Å². The van der Waals surface area contributed by atoms with Gasteiger partial charge in [-0.2, -0.15) is 5.10 Å². The molecule has 1 aromatic heterocycles. The average Bonchev–Trinajstić information content (AvgIpc) is 3.16. The van der Waals surface area contributed by atoms with E-state index in [4.69, 9.17) is 0 Å². The molecule has 1 aliphatic carbocycles. The van der Waals surface area contributed by atoms with E-state index in [1.54, 1.807) is 4.90 Å². The first-order valence-electron chi connectivity index (χ1n) is 9.98. The molecule has 2 aromatic rings.